The highest BCUT2D eigenvalue weighted by atomic mass is 15.0. The Morgan fingerprint density at radius 1 is 0.388 bits per heavy atom. The van der Waals surface area contributed by atoms with Crippen LogP contribution in [0.1, 0.15) is 25.0 Å². The molecule has 0 atom stereocenters. The van der Waals surface area contributed by atoms with Gasteiger partial charge in [0.25, 0.3) is 0 Å². The smallest absolute Gasteiger partial charge is 0.164 e. The lowest BCUT2D eigenvalue weighted by Crippen LogP contribution is -2.15. The average molecular weight is 628 g/mol. The molecule has 0 unspecified atom stereocenters. The minimum absolute atomic E-state index is 0.101. The Hall–Kier alpha value is -6.19. The lowest BCUT2D eigenvalue weighted by molar-refractivity contribution is 0.666. The van der Waals surface area contributed by atoms with E-state index in [0.717, 1.165) is 22.3 Å². The average Bonchev–Trinajstić information content (AvgIpc) is 3.42. The first-order valence-electron chi connectivity index (χ1n) is 16.8. The van der Waals surface area contributed by atoms with Crippen LogP contribution in [0.2, 0.25) is 0 Å². The molecule has 1 aromatic heterocycles. The van der Waals surface area contributed by atoms with Gasteiger partial charge in [0.2, 0.25) is 0 Å². The van der Waals surface area contributed by atoms with Gasteiger partial charge in [-0.05, 0) is 61.3 Å². The number of rotatable bonds is 5. The quantitative estimate of drug-likeness (QED) is 0.191. The van der Waals surface area contributed by atoms with Gasteiger partial charge in [-0.25, -0.2) is 15.0 Å². The van der Waals surface area contributed by atoms with E-state index in [2.05, 4.69) is 141 Å². The molecular weight excluding hydrogens is 595 g/mol. The molecule has 0 amide bonds. The van der Waals surface area contributed by atoms with E-state index in [1.807, 2.05) is 36.4 Å². The maximum absolute atomic E-state index is 5.03. The molecule has 0 N–H and O–H groups in total. The molecule has 0 fully saturated rings. The highest BCUT2D eigenvalue weighted by Gasteiger charge is 2.38. The van der Waals surface area contributed by atoms with Crippen molar-refractivity contribution in [3.63, 3.8) is 0 Å². The number of hydrogen-bond donors (Lipinski definition) is 0. The van der Waals surface area contributed by atoms with E-state index in [0.29, 0.717) is 17.5 Å². The summed E-state index contributed by atoms with van der Waals surface area (Å²) in [5.74, 6) is 1.96. The minimum Gasteiger partial charge on any atom is -0.208 e. The van der Waals surface area contributed by atoms with Crippen LogP contribution in [0.25, 0.3) is 78.3 Å². The first-order valence-corrected chi connectivity index (χ1v) is 16.8. The summed E-state index contributed by atoms with van der Waals surface area (Å²) in [4.78, 5) is 15.0. The first-order chi connectivity index (χ1) is 24.0. The molecule has 3 heteroatoms. The molecule has 3 nitrogen and oxygen atoms in total. The second-order valence-corrected chi connectivity index (χ2v) is 13.3. The molecule has 0 spiro atoms. The fraction of sp³-hybridized carbons (Fsp3) is 0.0652. The molecule has 0 saturated heterocycles. The second kappa shape index (κ2) is 11.5. The Kier molecular flexibility index (Phi) is 6.80. The van der Waals surface area contributed by atoms with Crippen LogP contribution in [0.3, 0.4) is 0 Å². The van der Waals surface area contributed by atoms with Crippen LogP contribution in [-0.2, 0) is 5.41 Å². The third-order valence-corrected chi connectivity index (χ3v) is 9.92. The zero-order valence-corrected chi connectivity index (χ0v) is 27.4. The highest BCUT2D eigenvalue weighted by Crippen LogP contribution is 2.54. The summed E-state index contributed by atoms with van der Waals surface area (Å²) >= 11 is 0. The molecule has 0 aliphatic heterocycles. The van der Waals surface area contributed by atoms with Gasteiger partial charge in [0.05, 0.1) is 0 Å². The van der Waals surface area contributed by atoms with E-state index < -0.39 is 0 Å². The minimum atomic E-state index is -0.101. The van der Waals surface area contributed by atoms with Crippen molar-refractivity contribution in [2.24, 2.45) is 0 Å². The summed E-state index contributed by atoms with van der Waals surface area (Å²) < 4.78 is 0. The van der Waals surface area contributed by atoms with Crippen molar-refractivity contribution in [2.45, 2.75) is 19.3 Å². The van der Waals surface area contributed by atoms with Crippen LogP contribution in [0.15, 0.2) is 164 Å². The topological polar surface area (TPSA) is 38.7 Å². The van der Waals surface area contributed by atoms with Crippen LogP contribution in [0, 0.1) is 0 Å². The second-order valence-electron chi connectivity index (χ2n) is 13.3. The SMILES string of the molecule is CC1(C)c2ccccc2-c2c(-c3ccc(-c4nc(-c5ccccc5)nc(-c5ccc(-c6ccccc6)cc5)n4)cc3)cc3ccccc3c21. The van der Waals surface area contributed by atoms with Crippen LogP contribution < -0.4 is 0 Å². The van der Waals surface area contributed by atoms with Gasteiger partial charge in [0.1, 0.15) is 0 Å². The fourth-order valence-corrected chi connectivity index (χ4v) is 7.48. The fourth-order valence-electron chi connectivity index (χ4n) is 7.48. The van der Waals surface area contributed by atoms with Crippen LogP contribution >= 0.6 is 0 Å². The molecule has 8 aromatic rings. The molecule has 0 bridgehead atoms. The largest absolute Gasteiger partial charge is 0.208 e. The molecule has 7 aromatic carbocycles. The van der Waals surface area contributed by atoms with Gasteiger partial charge in [-0.15, -0.1) is 0 Å². The van der Waals surface area contributed by atoms with Gasteiger partial charge >= 0.3 is 0 Å². The number of fused-ring (bicyclic) bond motifs is 5. The van der Waals surface area contributed by atoms with Gasteiger partial charge < -0.3 is 0 Å². The van der Waals surface area contributed by atoms with Gasteiger partial charge in [-0.1, -0.05) is 172 Å². The molecule has 232 valence electrons. The zero-order valence-electron chi connectivity index (χ0n) is 27.4. The molecule has 1 aliphatic carbocycles. The zero-order chi connectivity index (χ0) is 33.0. The third kappa shape index (κ3) is 4.94. The molecule has 1 heterocycles. The standard InChI is InChI=1S/C46H33N3/c1-46(2)40-20-12-11-19-38(40)41-39(29-36-17-9-10-18-37(36)42(41)46)32-23-27-35(28-24-32)45-48-43(33-15-7-4-8-16-33)47-44(49-45)34-25-21-31(22-26-34)30-13-5-3-6-14-30/h3-29H,1-2H3. The van der Waals surface area contributed by atoms with E-state index in [1.54, 1.807) is 0 Å². The summed E-state index contributed by atoms with van der Waals surface area (Å²) in [6.07, 6.45) is 0. The van der Waals surface area contributed by atoms with Crippen molar-refractivity contribution in [3.8, 4) is 67.5 Å². The van der Waals surface area contributed by atoms with E-state index in [-0.39, 0.29) is 5.41 Å². The molecule has 0 radical (unpaired) electrons. The number of nitrogens with zero attached hydrogens (tertiary/aromatic N) is 3. The van der Waals surface area contributed by atoms with Gasteiger partial charge in [0, 0.05) is 22.1 Å². The maximum atomic E-state index is 5.03. The maximum Gasteiger partial charge on any atom is 0.164 e. The van der Waals surface area contributed by atoms with Gasteiger partial charge in [-0.3, -0.25) is 0 Å². The summed E-state index contributed by atoms with van der Waals surface area (Å²) in [7, 11) is 0. The third-order valence-electron chi connectivity index (χ3n) is 9.92. The summed E-state index contributed by atoms with van der Waals surface area (Å²) in [5, 5.41) is 2.58. The molecule has 1 aliphatic rings. The van der Waals surface area contributed by atoms with Crippen molar-refractivity contribution >= 4 is 10.8 Å². The lowest BCUT2D eigenvalue weighted by atomic mass is 9.79. The van der Waals surface area contributed by atoms with E-state index in [4.69, 9.17) is 15.0 Å². The van der Waals surface area contributed by atoms with E-state index in [9.17, 15) is 0 Å². The Bertz CT molecular complexity index is 2480. The van der Waals surface area contributed by atoms with Crippen molar-refractivity contribution in [3.05, 3.63) is 175 Å². The predicted molar refractivity (Wildman–Crippen MR) is 202 cm³/mol. The summed E-state index contributed by atoms with van der Waals surface area (Å²) in [6, 6.07) is 57.8. The predicted octanol–water partition coefficient (Wildman–Crippen LogP) is 11.7. The Morgan fingerprint density at radius 3 is 1.47 bits per heavy atom. The van der Waals surface area contributed by atoms with E-state index in [1.165, 1.54) is 49.7 Å². The van der Waals surface area contributed by atoms with Crippen molar-refractivity contribution < 1.29 is 0 Å². The molecule has 0 saturated carbocycles. The normalized spacial score (nSPS) is 12.9. The van der Waals surface area contributed by atoms with E-state index >= 15 is 0 Å². The Balaban J connectivity index is 1.16. The van der Waals surface area contributed by atoms with Gasteiger partial charge in [-0.2, -0.15) is 0 Å². The Labute approximate surface area is 286 Å². The van der Waals surface area contributed by atoms with Crippen molar-refractivity contribution in [1.82, 2.24) is 15.0 Å². The van der Waals surface area contributed by atoms with Crippen molar-refractivity contribution in [1.29, 1.82) is 0 Å². The highest BCUT2D eigenvalue weighted by molar-refractivity contribution is 6.04. The molecule has 9 rings (SSSR count). The summed E-state index contributed by atoms with van der Waals surface area (Å²) in [5.41, 5.74) is 12.9. The first kappa shape index (κ1) is 29.0. The monoisotopic (exact) mass is 627 g/mol. The van der Waals surface area contributed by atoms with Gasteiger partial charge in [0.15, 0.2) is 17.5 Å². The van der Waals surface area contributed by atoms with Crippen LogP contribution in [-0.4, -0.2) is 15.0 Å². The number of aromatic nitrogens is 3. The number of benzene rings is 7. The Morgan fingerprint density at radius 2 is 0.837 bits per heavy atom. The van der Waals surface area contributed by atoms with Crippen LogP contribution in [0.4, 0.5) is 0 Å². The molecule has 49 heavy (non-hydrogen) atoms. The van der Waals surface area contributed by atoms with Crippen molar-refractivity contribution in [2.75, 3.05) is 0 Å². The number of hydrogen-bond acceptors (Lipinski definition) is 3. The van der Waals surface area contributed by atoms with Crippen LogP contribution in [0.5, 0.6) is 0 Å². The molecular formula is C46H33N3. The lowest BCUT2D eigenvalue weighted by Gasteiger charge is -2.24. The summed E-state index contributed by atoms with van der Waals surface area (Å²) in [6.45, 7) is 4.71.